The molecule has 2 aromatic carbocycles. The van der Waals surface area contributed by atoms with Crippen LogP contribution in [0.15, 0.2) is 60.7 Å². The Hall–Kier alpha value is -1.80. The molecular weight excluding hydrogens is 336 g/mol. The summed E-state index contributed by atoms with van der Waals surface area (Å²) in [5.41, 5.74) is 1.86. The molecular formula is C20H24O6. The third kappa shape index (κ3) is 4.67. The highest BCUT2D eigenvalue weighted by molar-refractivity contribution is 5.14. The first-order valence-electron chi connectivity index (χ1n) is 8.62. The second-order valence-electron chi connectivity index (χ2n) is 6.26. The van der Waals surface area contributed by atoms with E-state index in [0.717, 1.165) is 11.1 Å². The van der Waals surface area contributed by atoms with E-state index < -0.39 is 37.3 Å². The molecule has 26 heavy (non-hydrogen) atoms. The third-order valence-corrected chi connectivity index (χ3v) is 4.39. The summed E-state index contributed by atoms with van der Waals surface area (Å²) in [6, 6.07) is 19.0. The maximum absolute atomic E-state index is 10.5. The fraction of sp³-hybridized carbons (Fsp3) is 0.400. The number of rotatable bonds is 7. The quantitative estimate of drug-likeness (QED) is 0.688. The van der Waals surface area contributed by atoms with Crippen LogP contribution in [0, 0.1) is 0 Å². The molecule has 3 N–H and O–H groups in total. The van der Waals surface area contributed by atoms with E-state index >= 15 is 0 Å². The van der Waals surface area contributed by atoms with Crippen LogP contribution < -0.4 is 0 Å². The highest BCUT2D eigenvalue weighted by Crippen LogP contribution is 2.26. The van der Waals surface area contributed by atoms with Gasteiger partial charge in [-0.05, 0) is 11.1 Å². The summed E-state index contributed by atoms with van der Waals surface area (Å²) in [6.07, 6.45) is -5.06. The van der Waals surface area contributed by atoms with Gasteiger partial charge >= 0.3 is 0 Å². The predicted octanol–water partition coefficient (Wildman–Crippen LogP) is 1.23. The predicted molar refractivity (Wildman–Crippen MR) is 94.0 cm³/mol. The largest absolute Gasteiger partial charge is 0.394 e. The van der Waals surface area contributed by atoms with E-state index in [0.29, 0.717) is 0 Å². The van der Waals surface area contributed by atoms with Gasteiger partial charge in [0, 0.05) is 0 Å². The zero-order chi connectivity index (χ0) is 18.4. The lowest BCUT2D eigenvalue weighted by atomic mass is 9.98. The van der Waals surface area contributed by atoms with Gasteiger partial charge in [-0.25, -0.2) is 0 Å². The second-order valence-corrected chi connectivity index (χ2v) is 6.26. The van der Waals surface area contributed by atoms with Crippen LogP contribution in [-0.2, 0) is 27.4 Å². The van der Waals surface area contributed by atoms with Crippen molar-refractivity contribution in [3.05, 3.63) is 71.8 Å². The maximum Gasteiger partial charge on any atom is 0.184 e. The van der Waals surface area contributed by atoms with Gasteiger partial charge in [0.25, 0.3) is 0 Å². The molecule has 0 bridgehead atoms. The number of aliphatic hydroxyl groups excluding tert-OH is 3. The van der Waals surface area contributed by atoms with Gasteiger partial charge in [-0.15, -0.1) is 0 Å². The maximum atomic E-state index is 10.5. The number of ether oxygens (including phenoxy) is 3. The van der Waals surface area contributed by atoms with Crippen LogP contribution in [0.25, 0.3) is 0 Å². The minimum absolute atomic E-state index is 0.244. The number of hydrogen-bond acceptors (Lipinski definition) is 6. The Morgan fingerprint density at radius 1 is 0.769 bits per heavy atom. The van der Waals surface area contributed by atoms with Crippen molar-refractivity contribution in [2.75, 3.05) is 6.61 Å². The molecule has 2 aromatic rings. The van der Waals surface area contributed by atoms with E-state index in [2.05, 4.69) is 0 Å². The molecule has 1 saturated heterocycles. The highest BCUT2D eigenvalue weighted by atomic mass is 16.7. The molecule has 0 radical (unpaired) electrons. The van der Waals surface area contributed by atoms with Crippen LogP contribution in [0.2, 0.25) is 0 Å². The normalized spacial score (nSPS) is 28.8. The van der Waals surface area contributed by atoms with Crippen LogP contribution in [0.5, 0.6) is 0 Å². The zero-order valence-electron chi connectivity index (χ0n) is 14.3. The summed E-state index contributed by atoms with van der Waals surface area (Å²) in [5.74, 6) is 0. The molecule has 1 fully saturated rings. The lowest BCUT2D eigenvalue weighted by molar-refractivity contribution is -0.307. The number of hydrogen-bond donors (Lipinski definition) is 3. The van der Waals surface area contributed by atoms with Gasteiger partial charge in [0.15, 0.2) is 6.29 Å². The van der Waals surface area contributed by atoms with Crippen molar-refractivity contribution < 1.29 is 29.5 Å². The van der Waals surface area contributed by atoms with Crippen molar-refractivity contribution in [1.29, 1.82) is 0 Å². The third-order valence-electron chi connectivity index (χ3n) is 4.39. The lowest BCUT2D eigenvalue weighted by Gasteiger charge is -2.42. The molecule has 0 saturated carbocycles. The Labute approximate surface area is 152 Å². The van der Waals surface area contributed by atoms with Gasteiger partial charge in [0.1, 0.15) is 24.4 Å². The zero-order valence-corrected chi connectivity index (χ0v) is 14.3. The molecule has 1 aliphatic rings. The minimum atomic E-state index is -1.31. The number of benzene rings is 2. The van der Waals surface area contributed by atoms with Gasteiger partial charge in [-0.2, -0.15) is 0 Å². The monoisotopic (exact) mass is 360 g/mol. The Bertz CT molecular complexity index is 650. The van der Waals surface area contributed by atoms with Crippen molar-refractivity contribution in [3.8, 4) is 0 Å². The molecule has 1 heterocycles. The first kappa shape index (κ1) is 19.0. The van der Waals surface area contributed by atoms with Crippen LogP contribution in [0.3, 0.4) is 0 Å². The Kier molecular flexibility index (Phi) is 6.73. The Morgan fingerprint density at radius 3 is 1.77 bits per heavy atom. The molecule has 0 aliphatic carbocycles. The van der Waals surface area contributed by atoms with Crippen LogP contribution in [0.4, 0.5) is 0 Å². The van der Waals surface area contributed by atoms with Gasteiger partial charge in [0.2, 0.25) is 0 Å². The fourth-order valence-corrected chi connectivity index (χ4v) is 2.96. The Morgan fingerprint density at radius 2 is 1.27 bits per heavy atom. The molecule has 3 rings (SSSR count). The van der Waals surface area contributed by atoms with Crippen molar-refractivity contribution in [3.63, 3.8) is 0 Å². The van der Waals surface area contributed by atoms with Crippen molar-refractivity contribution in [2.45, 2.75) is 43.9 Å². The van der Waals surface area contributed by atoms with E-state index in [1.807, 2.05) is 60.7 Å². The van der Waals surface area contributed by atoms with Crippen molar-refractivity contribution in [2.24, 2.45) is 0 Å². The molecule has 0 amide bonds. The lowest BCUT2D eigenvalue weighted by Crippen LogP contribution is -2.60. The van der Waals surface area contributed by atoms with Gasteiger partial charge in [-0.3, -0.25) is 0 Å². The summed E-state index contributed by atoms with van der Waals surface area (Å²) in [5, 5.41) is 30.2. The second kappa shape index (κ2) is 9.23. The van der Waals surface area contributed by atoms with Gasteiger partial charge < -0.3 is 29.5 Å². The van der Waals surface area contributed by atoms with E-state index in [-0.39, 0.29) is 13.2 Å². The molecule has 0 aromatic heterocycles. The van der Waals surface area contributed by atoms with Gasteiger partial charge in [-0.1, -0.05) is 60.7 Å². The number of aliphatic hydroxyl groups is 3. The minimum Gasteiger partial charge on any atom is -0.394 e. The van der Waals surface area contributed by atoms with Crippen LogP contribution in [-0.4, -0.2) is 52.6 Å². The summed E-state index contributed by atoms with van der Waals surface area (Å²) in [7, 11) is 0. The Balaban J connectivity index is 1.69. The average molecular weight is 360 g/mol. The SMILES string of the molecule is OCC1O[C@H](O)C(OCc2ccccc2)C(OCc2ccccc2)[C@H]1O. The van der Waals surface area contributed by atoms with Crippen LogP contribution in [0.1, 0.15) is 11.1 Å². The molecule has 6 nitrogen and oxygen atoms in total. The summed E-state index contributed by atoms with van der Waals surface area (Å²) in [4.78, 5) is 0. The van der Waals surface area contributed by atoms with E-state index in [1.54, 1.807) is 0 Å². The van der Waals surface area contributed by atoms with E-state index in [1.165, 1.54) is 0 Å². The molecule has 0 spiro atoms. The summed E-state index contributed by atoms with van der Waals surface area (Å²) >= 11 is 0. The first-order valence-corrected chi connectivity index (χ1v) is 8.62. The standard InChI is InChI=1S/C20H24O6/c21-11-16-17(22)18(24-12-14-7-3-1-4-8-14)19(20(23)26-16)25-13-15-9-5-2-6-10-15/h1-10,16-23H,11-13H2/t16?,17-,18?,19?,20-/m0/s1. The molecule has 3 unspecified atom stereocenters. The molecule has 140 valence electrons. The van der Waals surface area contributed by atoms with Crippen molar-refractivity contribution >= 4 is 0 Å². The first-order chi connectivity index (χ1) is 12.7. The van der Waals surface area contributed by atoms with Gasteiger partial charge in [0.05, 0.1) is 19.8 Å². The molecule has 1 aliphatic heterocycles. The van der Waals surface area contributed by atoms with Crippen LogP contribution >= 0.6 is 0 Å². The highest BCUT2D eigenvalue weighted by Gasteiger charge is 2.46. The topological polar surface area (TPSA) is 88.4 Å². The summed E-state index contributed by atoms with van der Waals surface area (Å²) in [6.45, 7) is 0.0705. The fourth-order valence-electron chi connectivity index (χ4n) is 2.96. The van der Waals surface area contributed by atoms with E-state index in [9.17, 15) is 15.3 Å². The van der Waals surface area contributed by atoms with E-state index in [4.69, 9.17) is 14.2 Å². The molecule has 5 atom stereocenters. The smallest absolute Gasteiger partial charge is 0.184 e. The summed E-state index contributed by atoms with van der Waals surface area (Å²) < 4.78 is 16.9. The molecule has 6 heteroatoms. The van der Waals surface area contributed by atoms with Crippen molar-refractivity contribution in [1.82, 2.24) is 0 Å². The average Bonchev–Trinajstić information content (AvgIpc) is 2.69.